The minimum absolute atomic E-state index is 0.0541. The van der Waals surface area contributed by atoms with E-state index in [0.29, 0.717) is 0 Å². The van der Waals surface area contributed by atoms with Crippen molar-refractivity contribution in [1.82, 2.24) is 5.43 Å². The van der Waals surface area contributed by atoms with E-state index in [-0.39, 0.29) is 6.04 Å². The highest BCUT2D eigenvalue weighted by Gasteiger charge is 2.12. The van der Waals surface area contributed by atoms with Crippen LogP contribution < -0.4 is 16.0 Å². The Bertz CT molecular complexity index is 573. The van der Waals surface area contributed by atoms with Gasteiger partial charge in [0.25, 0.3) is 0 Å². The number of nitrogens with two attached hydrogens (primary N) is 1. The lowest BCUT2D eigenvalue weighted by Gasteiger charge is -2.17. The second-order valence-electron chi connectivity index (χ2n) is 4.44. The topological polar surface area (TPSA) is 47.3 Å². The smallest absolute Gasteiger partial charge is 0.133 e. The SMILES string of the molecule is COc1ccc(C(Cc2ccc(Br)cc2)NN)cc1Br. The molecule has 0 amide bonds. The Morgan fingerprint density at radius 3 is 2.40 bits per heavy atom. The van der Waals surface area contributed by atoms with Crippen LogP contribution in [-0.2, 0) is 6.42 Å². The molecular weight excluding hydrogens is 384 g/mol. The Hall–Kier alpha value is -0.880. The highest BCUT2D eigenvalue weighted by molar-refractivity contribution is 9.10. The van der Waals surface area contributed by atoms with Crippen LogP contribution in [0.5, 0.6) is 5.75 Å². The summed E-state index contributed by atoms with van der Waals surface area (Å²) in [7, 11) is 1.65. The molecule has 0 aliphatic carbocycles. The third-order valence-corrected chi connectivity index (χ3v) is 4.28. The van der Waals surface area contributed by atoms with E-state index >= 15 is 0 Å². The van der Waals surface area contributed by atoms with Crippen molar-refractivity contribution in [1.29, 1.82) is 0 Å². The second kappa shape index (κ2) is 7.22. The van der Waals surface area contributed by atoms with Gasteiger partial charge in [0, 0.05) is 4.47 Å². The largest absolute Gasteiger partial charge is 0.496 e. The maximum absolute atomic E-state index is 5.70. The number of benzene rings is 2. The van der Waals surface area contributed by atoms with Crippen LogP contribution in [0.4, 0.5) is 0 Å². The molecule has 1 unspecified atom stereocenters. The zero-order chi connectivity index (χ0) is 14.5. The summed E-state index contributed by atoms with van der Waals surface area (Å²) in [6.45, 7) is 0. The van der Waals surface area contributed by atoms with Gasteiger partial charge in [-0.15, -0.1) is 0 Å². The third-order valence-electron chi connectivity index (χ3n) is 3.13. The Kier molecular flexibility index (Phi) is 5.60. The van der Waals surface area contributed by atoms with E-state index in [2.05, 4.69) is 49.4 Å². The Balaban J connectivity index is 2.19. The van der Waals surface area contributed by atoms with Gasteiger partial charge >= 0.3 is 0 Å². The van der Waals surface area contributed by atoms with Gasteiger partial charge in [-0.25, -0.2) is 0 Å². The van der Waals surface area contributed by atoms with Crippen molar-refractivity contribution in [3.8, 4) is 5.75 Å². The first-order valence-electron chi connectivity index (χ1n) is 6.18. The predicted molar refractivity (Wildman–Crippen MR) is 88.6 cm³/mol. The molecular formula is C15H16Br2N2O. The van der Waals surface area contributed by atoms with Crippen molar-refractivity contribution in [2.75, 3.05) is 7.11 Å². The molecule has 106 valence electrons. The monoisotopic (exact) mass is 398 g/mol. The summed E-state index contributed by atoms with van der Waals surface area (Å²) >= 11 is 6.94. The summed E-state index contributed by atoms with van der Waals surface area (Å²) in [5, 5.41) is 0. The van der Waals surface area contributed by atoms with Crippen LogP contribution >= 0.6 is 31.9 Å². The van der Waals surface area contributed by atoms with Crippen LogP contribution in [0.2, 0.25) is 0 Å². The highest BCUT2D eigenvalue weighted by Crippen LogP contribution is 2.29. The molecule has 0 saturated heterocycles. The fourth-order valence-electron chi connectivity index (χ4n) is 2.03. The van der Waals surface area contributed by atoms with Gasteiger partial charge in [0.15, 0.2) is 0 Å². The summed E-state index contributed by atoms with van der Waals surface area (Å²) in [5.74, 6) is 6.51. The lowest BCUT2D eigenvalue weighted by atomic mass is 9.99. The van der Waals surface area contributed by atoms with Gasteiger partial charge in [0.2, 0.25) is 0 Å². The maximum atomic E-state index is 5.70. The number of hydrogen-bond donors (Lipinski definition) is 2. The number of hydrogen-bond acceptors (Lipinski definition) is 3. The second-order valence-corrected chi connectivity index (χ2v) is 6.21. The molecule has 1 atom stereocenters. The van der Waals surface area contributed by atoms with E-state index in [1.807, 2.05) is 30.3 Å². The molecule has 0 aromatic heterocycles. The van der Waals surface area contributed by atoms with Crippen LogP contribution in [0.15, 0.2) is 51.4 Å². The number of nitrogens with one attached hydrogen (secondary N) is 1. The van der Waals surface area contributed by atoms with E-state index < -0.39 is 0 Å². The Labute approximate surface area is 135 Å². The molecule has 2 aromatic rings. The normalized spacial score (nSPS) is 12.2. The van der Waals surface area contributed by atoms with Gasteiger partial charge in [-0.1, -0.05) is 34.1 Å². The Morgan fingerprint density at radius 1 is 1.15 bits per heavy atom. The first kappa shape index (κ1) is 15.5. The van der Waals surface area contributed by atoms with E-state index in [1.54, 1.807) is 7.11 Å². The summed E-state index contributed by atoms with van der Waals surface area (Å²) < 4.78 is 7.24. The maximum Gasteiger partial charge on any atom is 0.133 e. The third kappa shape index (κ3) is 3.82. The molecule has 0 spiro atoms. The van der Waals surface area contributed by atoms with Crippen LogP contribution in [0.3, 0.4) is 0 Å². The molecule has 20 heavy (non-hydrogen) atoms. The number of halogens is 2. The molecule has 0 fully saturated rings. The van der Waals surface area contributed by atoms with Crippen molar-refractivity contribution < 1.29 is 4.74 Å². The predicted octanol–water partition coefficient (Wildman–Crippen LogP) is 3.97. The van der Waals surface area contributed by atoms with Gasteiger partial charge < -0.3 is 4.74 Å². The standard InChI is InChI=1S/C15H16Br2N2O/c1-20-15-7-4-11(9-13(15)17)14(19-18)8-10-2-5-12(16)6-3-10/h2-7,9,14,19H,8,18H2,1H3. The number of rotatable bonds is 5. The molecule has 0 heterocycles. The number of hydrazine groups is 1. The summed E-state index contributed by atoms with van der Waals surface area (Å²) in [6.07, 6.45) is 0.822. The zero-order valence-corrected chi connectivity index (χ0v) is 14.2. The quantitative estimate of drug-likeness (QED) is 0.590. The average molecular weight is 400 g/mol. The Morgan fingerprint density at radius 2 is 1.85 bits per heavy atom. The lowest BCUT2D eigenvalue weighted by molar-refractivity contribution is 0.411. The van der Waals surface area contributed by atoms with Gasteiger partial charge in [0.05, 0.1) is 17.6 Å². The number of ether oxygens (including phenoxy) is 1. The van der Waals surface area contributed by atoms with Crippen molar-refractivity contribution in [2.24, 2.45) is 5.84 Å². The highest BCUT2D eigenvalue weighted by atomic mass is 79.9. The summed E-state index contributed by atoms with van der Waals surface area (Å²) in [5.41, 5.74) is 5.21. The average Bonchev–Trinajstić information content (AvgIpc) is 2.46. The first-order chi connectivity index (χ1) is 9.63. The molecule has 2 aromatic carbocycles. The fourth-order valence-corrected chi connectivity index (χ4v) is 2.85. The fraction of sp³-hybridized carbons (Fsp3) is 0.200. The molecule has 3 nitrogen and oxygen atoms in total. The molecule has 0 aliphatic heterocycles. The molecule has 5 heteroatoms. The van der Waals surface area contributed by atoms with E-state index in [9.17, 15) is 0 Å². The minimum atomic E-state index is 0.0541. The minimum Gasteiger partial charge on any atom is -0.496 e. The number of methoxy groups -OCH3 is 1. The zero-order valence-electron chi connectivity index (χ0n) is 11.1. The van der Waals surface area contributed by atoms with Crippen LogP contribution in [0.25, 0.3) is 0 Å². The van der Waals surface area contributed by atoms with Gasteiger partial charge in [-0.3, -0.25) is 11.3 Å². The molecule has 0 radical (unpaired) electrons. The summed E-state index contributed by atoms with van der Waals surface area (Å²) in [4.78, 5) is 0. The lowest BCUT2D eigenvalue weighted by Crippen LogP contribution is -2.29. The van der Waals surface area contributed by atoms with Crippen molar-refractivity contribution in [3.63, 3.8) is 0 Å². The van der Waals surface area contributed by atoms with Crippen LogP contribution in [-0.4, -0.2) is 7.11 Å². The van der Waals surface area contributed by atoms with E-state index in [0.717, 1.165) is 26.7 Å². The molecule has 3 N–H and O–H groups in total. The van der Waals surface area contributed by atoms with Gasteiger partial charge in [0.1, 0.15) is 5.75 Å². The van der Waals surface area contributed by atoms with Crippen molar-refractivity contribution in [3.05, 3.63) is 62.5 Å². The van der Waals surface area contributed by atoms with E-state index in [4.69, 9.17) is 10.6 Å². The molecule has 2 rings (SSSR count). The van der Waals surface area contributed by atoms with Gasteiger partial charge in [-0.05, 0) is 57.7 Å². The van der Waals surface area contributed by atoms with Crippen LogP contribution in [0.1, 0.15) is 17.2 Å². The van der Waals surface area contributed by atoms with Crippen molar-refractivity contribution >= 4 is 31.9 Å². The van der Waals surface area contributed by atoms with E-state index in [1.165, 1.54) is 5.56 Å². The molecule has 0 saturated carbocycles. The molecule has 0 aliphatic rings. The van der Waals surface area contributed by atoms with Crippen molar-refractivity contribution in [2.45, 2.75) is 12.5 Å². The van der Waals surface area contributed by atoms with Gasteiger partial charge in [-0.2, -0.15) is 0 Å². The first-order valence-corrected chi connectivity index (χ1v) is 7.76. The molecule has 0 bridgehead atoms. The summed E-state index contributed by atoms with van der Waals surface area (Å²) in [6, 6.07) is 14.3. The van der Waals surface area contributed by atoms with Crippen LogP contribution in [0, 0.1) is 0 Å².